The third-order valence-corrected chi connectivity index (χ3v) is 4.11. The molecule has 0 aliphatic heterocycles. The van der Waals surface area contributed by atoms with Crippen molar-refractivity contribution < 1.29 is 4.92 Å². The molecule has 0 aliphatic rings. The van der Waals surface area contributed by atoms with Gasteiger partial charge in [0.05, 0.1) is 22.5 Å². The van der Waals surface area contributed by atoms with E-state index in [9.17, 15) is 10.1 Å². The van der Waals surface area contributed by atoms with Gasteiger partial charge in [0.2, 0.25) is 0 Å². The number of non-ortho nitro benzene ring substituents is 1. The SMILES string of the molecule is Cc1cc2nc(CN)n(Cc3ccc([N+](=O)[O-])cc3)c2cc1C. The largest absolute Gasteiger partial charge is 0.324 e. The lowest BCUT2D eigenvalue weighted by Crippen LogP contribution is -2.09. The first kappa shape index (κ1) is 15.2. The Labute approximate surface area is 133 Å². The molecule has 0 fully saturated rings. The topological polar surface area (TPSA) is 87.0 Å². The highest BCUT2D eigenvalue weighted by molar-refractivity contribution is 5.78. The normalized spacial score (nSPS) is 11.1. The van der Waals surface area contributed by atoms with Gasteiger partial charge in [-0.25, -0.2) is 4.98 Å². The molecule has 3 rings (SSSR count). The Bertz CT molecular complexity index is 882. The molecule has 0 atom stereocenters. The van der Waals surface area contributed by atoms with E-state index < -0.39 is 4.92 Å². The summed E-state index contributed by atoms with van der Waals surface area (Å²) in [7, 11) is 0. The van der Waals surface area contributed by atoms with Gasteiger partial charge in [-0.1, -0.05) is 12.1 Å². The number of aryl methyl sites for hydroxylation is 2. The third-order valence-electron chi connectivity index (χ3n) is 4.11. The Balaban J connectivity index is 2.04. The van der Waals surface area contributed by atoms with Gasteiger partial charge in [-0.15, -0.1) is 0 Å². The Kier molecular flexibility index (Phi) is 3.83. The summed E-state index contributed by atoms with van der Waals surface area (Å²) >= 11 is 0. The van der Waals surface area contributed by atoms with E-state index in [0.717, 1.165) is 22.4 Å². The fraction of sp³-hybridized carbons (Fsp3) is 0.235. The second kappa shape index (κ2) is 5.81. The number of hydrogen-bond acceptors (Lipinski definition) is 4. The molecule has 0 saturated heterocycles. The zero-order valence-corrected chi connectivity index (χ0v) is 13.1. The average molecular weight is 310 g/mol. The van der Waals surface area contributed by atoms with Crippen LogP contribution in [-0.2, 0) is 13.1 Å². The number of aromatic nitrogens is 2. The van der Waals surface area contributed by atoms with Crippen LogP contribution in [0.15, 0.2) is 36.4 Å². The fourth-order valence-corrected chi connectivity index (χ4v) is 2.67. The van der Waals surface area contributed by atoms with Crippen molar-refractivity contribution in [1.29, 1.82) is 0 Å². The highest BCUT2D eigenvalue weighted by Gasteiger charge is 2.12. The van der Waals surface area contributed by atoms with E-state index in [1.807, 2.05) is 0 Å². The Morgan fingerprint density at radius 2 is 1.83 bits per heavy atom. The lowest BCUT2D eigenvalue weighted by Gasteiger charge is -2.09. The predicted octanol–water partition coefficient (Wildman–Crippen LogP) is 3.07. The first-order valence-corrected chi connectivity index (χ1v) is 7.39. The predicted molar refractivity (Wildman–Crippen MR) is 89.3 cm³/mol. The van der Waals surface area contributed by atoms with Crippen LogP contribution >= 0.6 is 0 Å². The van der Waals surface area contributed by atoms with Crippen LogP contribution in [0.5, 0.6) is 0 Å². The molecular formula is C17H18N4O2. The molecule has 0 spiro atoms. The molecule has 0 unspecified atom stereocenters. The minimum Gasteiger partial charge on any atom is -0.324 e. The first-order valence-electron chi connectivity index (χ1n) is 7.39. The van der Waals surface area contributed by atoms with Crippen LogP contribution in [-0.4, -0.2) is 14.5 Å². The highest BCUT2D eigenvalue weighted by Crippen LogP contribution is 2.22. The molecule has 2 aromatic carbocycles. The second-order valence-corrected chi connectivity index (χ2v) is 5.67. The van der Waals surface area contributed by atoms with Crippen molar-refractivity contribution in [1.82, 2.24) is 9.55 Å². The number of benzene rings is 2. The Morgan fingerprint density at radius 3 is 2.43 bits per heavy atom. The van der Waals surface area contributed by atoms with Crippen LogP contribution in [0.3, 0.4) is 0 Å². The number of nitrogens with zero attached hydrogens (tertiary/aromatic N) is 3. The maximum absolute atomic E-state index is 10.7. The molecule has 0 radical (unpaired) electrons. The molecule has 2 N–H and O–H groups in total. The number of rotatable bonds is 4. The van der Waals surface area contributed by atoms with Crippen LogP contribution in [0.4, 0.5) is 5.69 Å². The molecule has 0 bridgehead atoms. The first-order chi connectivity index (χ1) is 11.0. The summed E-state index contributed by atoms with van der Waals surface area (Å²) < 4.78 is 2.07. The number of hydrogen-bond donors (Lipinski definition) is 1. The summed E-state index contributed by atoms with van der Waals surface area (Å²) in [6, 6.07) is 10.8. The van der Waals surface area contributed by atoms with Gasteiger partial charge in [0.25, 0.3) is 5.69 Å². The molecule has 118 valence electrons. The van der Waals surface area contributed by atoms with Crippen molar-refractivity contribution in [3.05, 3.63) is 69.0 Å². The number of nitrogens with two attached hydrogens (primary N) is 1. The van der Waals surface area contributed by atoms with Gasteiger partial charge in [-0.2, -0.15) is 0 Å². The summed E-state index contributed by atoms with van der Waals surface area (Å²) in [6.45, 7) is 5.07. The molecule has 6 heteroatoms. The van der Waals surface area contributed by atoms with Crippen LogP contribution in [0.1, 0.15) is 22.5 Å². The number of fused-ring (bicyclic) bond motifs is 1. The van der Waals surface area contributed by atoms with Crippen molar-refractivity contribution >= 4 is 16.7 Å². The number of imidazole rings is 1. The number of nitro groups is 1. The Morgan fingerprint density at radius 1 is 1.17 bits per heavy atom. The van der Waals surface area contributed by atoms with E-state index in [-0.39, 0.29) is 5.69 Å². The minimum absolute atomic E-state index is 0.0924. The van der Waals surface area contributed by atoms with Crippen molar-refractivity contribution in [3.63, 3.8) is 0 Å². The van der Waals surface area contributed by atoms with Gasteiger partial charge in [0, 0.05) is 18.7 Å². The van der Waals surface area contributed by atoms with Crippen LogP contribution < -0.4 is 5.73 Å². The average Bonchev–Trinajstić information content (AvgIpc) is 2.85. The molecule has 23 heavy (non-hydrogen) atoms. The molecule has 3 aromatic rings. The monoisotopic (exact) mass is 310 g/mol. The molecule has 1 heterocycles. The van der Waals surface area contributed by atoms with Crippen LogP contribution in [0, 0.1) is 24.0 Å². The quantitative estimate of drug-likeness (QED) is 0.592. The zero-order valence-electron chi connectivity index (χ0n) is 13.1. The van der Waals surface area contributed by atoms with Crippen LogP contribution in [0.2, 0.25) is 0 Å². The van der Waals surface area contributed by atoms with E-state index >= 15 is 0 Å². The summed E-state index contributed by atoms with van der Waals surface area (Å²) in [5.41, 5.74) is 11.3. The maximum Gasteiger partial charge on any atom is 0.269 e. The van der Waals surface area contributed by atoms with E-state index in [0.29, 0.717) is 13.1 Å². The van der Waals surface area contributed by atoms with E-state index in [1.54, 1.807) is 12.1 Å². The fourth-order valence-electron chi connectivity index (χ4n) is 2.67. The van der Waals surface area contributed by atoms with Crippen molar-refractivity contribution in [3.8, 4) is 0 Å². The van der Waals surface area contributed by atoms with Gasteiger partial charge in [0.1, 0.15) is 5.82 Å². The maximum atomic E-state index is 10.7. The van der Waals surface area contributed by atoms with Gasteiger partial charge in [-0.05, 0) is 42.7 Å². The van der Waals surface area contributed by atoms with E-state index in [4.69, 9.17) is 5.73 Å². The number of nitro benzene ring substituents is 1. The summed E-state index contributed by atoms with van der Waals surface area (Å²) in [5.74, 6) is 0.809. The summed E-state index contributed by atoms with van der Waals surface area (Å²) in [4.78, 5) is 15.0. The molecular weight excluding hydrogens is 292 g/mol. The molecule has 0 saturated carbocycles. The molecule has 1 aromatic heterocycles. The van der Waals surface area contributed by atoms with Gasteiger partial charge < -0.3 is 10.3 Å². The van der Waals surface area contributed by atoms with Crippen molar-refractivity contribution in [2.24, 2.45) is 5.73 Å². The molecule has 0 amide bonds. The van der Waals surface area contributed by atoms with Crippen molar-refractivity contribution in [2.75, 3.05) is 0 Å². The zero-order chi connectivity index (χ0) is 16.6. The van der Waals surface area contributed by atoms with E-state index in [1.165, 1.54) is 23.3 Å². The van der Waals surface area contributed by atoms with Gasteiger partial charge >= 0.3 is 0 Å². The molecule has 6 nitrogen and oxygen atoms in total. The minimum atomic E-state index is -0.395. The molecule has 0 aliphatic carbocycles. The highest BCUT2D eigenvalue weighted by atomic mass is 16.6. The summed E-state index contributed by atoms with van der Waals surface area (Å²) in [6.07, 6.45) is 0. The smallest absolute Gasteiger partial charge is 0.269 e. The van der Waals surface area contributed by atoms with Crippen LogP contribution in [0.25, 0.3) is 11.0 Å². The second-order valence-electron chi connectivity index (χ2n) is 5.67. The van der Waals surface area contributed by atoms with Gasteiger partial charge in [0.15, 0.2) is 0 Å². The lowest BCUT2D eigenvalue weighted by molar-refractivity contribution is -0.384. The third kappa shape index (κ3) is 2.80. The van der Waals surface area contributed by atoms with Crippen molar-refractivity contribution in [2.45, 2.75) is 26.9 Å². The van der Waals surface area contributed by atoms with E-state index in [2.05, 4.69) is 35.5 Å². The standard InChI is InChI=1S/C17H18N4O2/c1-11-7-15-16(8-12(11)2)20(17(9-18)19-15)10-13-3-5-14(6-4-13)21(22)23/h3-8H,9-10,18H2,1-2H3. The Hall–Kier alpha value is -2.73. The summed E-state index contributed by atoms with van der Waals surface area (Å²) in [5, 5.41) is 10.7. The lowest BCUT2D eigenvalue weighted by atomic mass is 10.1. The van der Waals surface area contributed by atoms with Gasteiger partial charge in [-0.3, -0.25) is 10.1 Å².